The molecule has 0 radical (unpaired) electrons. The zero-order valence-electron chi connectivity index (χ0n) is 4.62. The Bertz CT molecular complexity index is 58.5. The highest BCUT2D eigenvalue weighted by Crippen LogP contribution is 1.75. The Morgan fingerprint density at radius 3 is 2.12 bits per heavy atom. The summed E-state index contributed by atoms with van der Waals surface area (Å²) >= 11 is 0. The first-order chi connectivity index (χ1) is 3.66. The lowest BCUT2D eigenvalue weighted by Gasteiger charge is -2.33. The fourth-order valence-corrected chi connectivity index (χ4v) is 0.156. The van der Waals surface area contributed by atoms with E-state index in [1.54, 1.807) is 5.53 Å². The zero-order chi connectivity index (χ0) is 6.57. The van der Waals surface area contributed by atoms with Gasteiger partial charge in [0.25, 0.3) is 0 Å². The highest BCUT2D eigenvalue weighted by atomic mass is 16.9. The fraction of sp³-hybridized carbons (Fsp3) is 1.00. The normalized spacial score (nSPS) is 11.2. The standard InChI is InChI=1S/C2H7N3O3/c1-4(6)3-5(7)8-2/h3H,1-2H3/q-2. The van der Waals surface area contributed by atoms with Gasteiger partial charge in [0, 0.05) is 0 Å². The third-order valence-electron chi connectivity index (χ3n) is 0.388. The molecular formula is C2H7N3O3-2. The number of hydrazine groups is 2. The van der Waals surface area contributed by atoms with Crippen LogP contribution in [0.5, 0.6) is 0 Å². The number of hydrogen-bond acceptors (Lipinski definition) is 6. The largest absolute Gasteiger partial charge is 0.771 e. The average molecular weight is 121 g/mol. The third kappa shape index (κ3) is 3.93. The second-order valence-corrected chi connectivity index (χ2v) is 1.04. The average Bonchev–Trinajstić information content (AvgIpc) is 1.65. The molecule has 0 amide bonds. The van der Waals surface area contributed by atoms with Crippen molar-refractivity contribution >= 4 is 0 Å². The highest BCUT2D eigenvalue weighted by molar-refractivity contribution is 4.33. The molecule has 0 heterocycles. The lowest BCUT2D eigenvalue weighted by Crippen LogP contribution is -2.40. The van der Waals surface area contributed by atoms with E-state index in [1.807, 2.05) is 0 Å². The molecule has 0 bridgehead atoms. The summed E-state index contributed by atoms with van der Waals surface area (Å²) in [7, 11) is 2.27. The highest BCUT2D eigenvalue weighted by Gasteiger charge is 1.79. The maximum Gasteiger partial charge on any atom is 0.0580 e. The fourth-order valence-electron chi connectivity index (χ4n) is 0.156. The molecule has 0 saturated heterocycles. The van der Waals surface area contributed by atoms with Gasteiger partial charge in [-0.25, -0.2) is 0 Å². The van der Waals surface area contributed by atoms with Crippen molar-refractivity contribution in [1.29, 1.82) is 0 Å². The summed E-state index contributed by atoms with van der Waals surface area (Å²) in [4.78, 5) is 3.99. The number of nitrogens with zero attached hydrogens (tertiary/aromatic N) is 2. The monoisotopic (exact) mass is 121 g/mol. The first-order valence-electron chi connectivity index (χ1n) is 1.85. The van der Waals surface area contributed by atoms with E-state index >= 15 is 0 Å². The molecule has 6 nitrogen and oxygen atoms in total. The molecule has 6 heteroatoms. The summed E-state index contributed by atoms with van der Waals surface area (Å²) in [6, 6.07) is 0. The molecule has 0 aromatic heterocycles. The molecule has 0 aliphatic carbocycles. The molecule has 0 aromatic rings. The smallest absolute Gasteiger partial charge is 0.0580 e. The van der Waals surface area contributed by atoms with Crippen LogP contribution in [0.25, 0.3) is 0 Å². The molecule has 0 spiro atoms. The zero-order valence-corrected chi connectivity index (χ0v) is 4.62. The van der Waals surface area contributed by atoms with E-state index in [1.165, 1.54) is 0 Å². The Hall–Kier alpha value is -0.240. The molecule has 0 aromatic carbocycles. The summed E-state index contributed by atoms with van der Waals surface area (Å²) in [5.41, 5.74) is 1.73. The number of nitrogens with one attached hydrogen (secondary N) is 1. The van der Waals surface area contributed by atoms with Crippen molar-refractivity contribution in [3.63, 3.8) is 0 Å². The van der Waals surface area contributed by atoms with Gasteiger partial charge < -0.3 is 15.6 Å². The minimum atomic E-state index is -0.0625. The van der Waals surface area contributed by atoms with Crippen molar-refractivity contribution in [1.82, 2.24) is 16.0 Å². The van der Waals surface area contributed by atoms with Crippen LogP contribution in [-0.4, -0.2) is 24.7 Å². The van der Waals surface area contributed by atoms with Gasteiger partial charge in [-0.3, -0.25) is 4.84 Å². The van der Waals surface area contributed by atoms with Crippen molar-refractivity contribution in [2.24, 2.45) is 0 Å². The van der Waals surface area contributed by atoms with Gasteiger partial charge in [0.15, 0.2) is 0 Å². The SMILES string of the molecule is CON([O-])NN(C)[O-]. The van der Waals surface area contributed by atoms with Gasteiger partial charge in [-0.05, 0) is 7.05 Å². The summed E-state index contributed by atoms with van der Waals surface area (Å²) in [6.45, 7) is 0. The molecule has 0 saturated carbocycles. The van der Waals surface area contributed by atoms with Crippen molar-refractivity contribution < 1.29 is 4.84 Å². The van der Waals surface area contributed by atoms with E-state index in [0.29, 0.717) is 0 Å². The van der Waals surface area contributed by atoms with Crippen LogP contribution in [0.4, 0.5) is 0 Å². The van der Waals surface area contributed by atoms with Crippen LogP contribution in [0.3, 0.4) is 0 Å². The van der Waals surface area contributed by atoms with Crippen LogP contribution in [0, 0.1) is 10.4 Å². The first kappa shape index (κ1) is 7.76. The molecular weight excluding hydrogens is 114 g/mol. The van der Waals surface area contributed by atoms with Gasteiger partial charge in [-0.1, -0.05) is 0 Å². The molecule has 0 rings (SSSR count). The van der Waals surface area contributed by atoms with E-state index in [9.17, 15) is 10.4 Å². The summed E-state index contributed by atoms with van der Waals surface area (Å²) in [5.74, 6) is 0. The Morgan fingerprint density at radius 1 is 1.50 bits per heavy atom. The molecule has 0 unspecified atom stereocenters. The Kier molecular flexibility index (Phi) is 3.61. The summed E-state index contributed by atoms with van der Waals surface area (Å²) in [5, 5.41) is 20.0. The summed E-state index contributed by atoms with van der Waals surface area (Å²) in [6.07, 6.45) is 0. The molecule has 8 heavy (non-hydrogen) atoms. The van der Waals surface area contributed by atoms with Crippen molar-refractivity contribution in [3.05, 3.63) is 10.4 Å². The number of hydrogen-bond donors (Lipinski definition) is 1. The van der Waals surface area contributed by atoms with Gasteiger partial charge in [-0.2, -0.15) is 10.9 Å². The minimum Gasteiger partial charge on any atom is -0.771 e. The Morgan fingerprint density at radius 2 is 2.00 bits per heavy atom. The van der Waals surface area contributed by atoms with E-state index in [4.69, 9.17) is 0 Å². The Labute approximate surface area is 46.7 Å². The molecule has 50 valence electrons. The molecule has 1 N–H and O–H groups in total. The first-order valence-corrected chi connectivity index (χ1v) is 1.85. The molecule has 0 aliphatic rings. The second kappa shape index (κ2) is 3.72. The van der Waals surface area contributed by atoms with E-state index in [-0.39, 0.29) is 10.5 Å². The van der Waals surface area contributed by atoms with Gasteiger partial charge in [-0.15, -0.1) is 0 Å². The minimum absolute atomic E-state index is 0.0625. The van der Waals surface area contributed by atoms with Crippen LogP contribution in [-0.2, 0) is 4.84 Å². The van der Waals surface area contributed by atoms with Crippen LogP contribution < -0.4 is 5.53 Å². The van der Waals surface area contributed by atoms with Gasteiger partial charge in [0.1, 0.15) is 0 Å². The van der Waals surface area contributed by atoms with E-state index in [2.05, 4.69) is 4.84 Å². The number of hydroxylamine groups is 1. The molecule has 0 fully saturated rings. The van der Waals surface area contributed by atoms with Crippen molar-refractivity contribution in [2.75, 3.05) is 14.2 Å². The van der Waals surface area contributed by atoms with Crippen LogP contribution in [0.1, 0.15) is 0 Å². The Balaban J connectivity index is 3.10. The maximum atomic E-state index is 9.96. The molecule has 0 aliphatic heterocycles. The number of rotatable bonds is 3. The topological polar surface area (TPSA) is 73.9 Å². The van der Waals surface area contributed by atoms with E-state index < -0.39 is 0 Å². The third-order valence-corrected chi connectivity index (χ3v) is 0.388. The summed E-state index contributed by atoms with van der Waals surface area (Å²) < 4.78 is 0. The van der Waals surface area contributed by atoms with Gasteiger partial charge >= 0.3 is 0 Å². The lowest BCUT2D eigenvalue weighted by molar-refractivity contribution is -0.165. The van der Waals surface area contributed by atoms with E-state index in [0.717, 1.165) is 14.2 Å². The van der Waals surface area contributed by atoms with Crippen molar-refractivity contribution in [2.45, 2.75) is 0 Å². The quantitative estimate of drug-likeness (QED) is 0.492. The molecule has 0 atom stereocenters. The van der Waals surface area contributed by atoms with Crippen LogP contribution >= 0.6 is 0 Å². The van der Waals surface area contributed by atoms with Crippen molar-refractivity contribution in [3.8, 4) is 0 Å². The lowest BCUT2D eigenvalue weighted by atomic mass is 11.5. The predicted octanol–water partition coefficient (Wildman–Crippen LogP) is -0.803. The van der Waals surface area contributed by atoms with Crippen LogP contribution in [0.15, 0.2) is 0 Å². The van der Waals surface area contributed by atoms with Gasteiger partial charge in [0.2, 0.25) is 0 Å². The van der Waals surface area contributed by atoms with Gasteiger partial charge in [0.05, 0.1) is 7.11 Å². The van der Waals surface area contributed by atoms with Crippen LogP contribution in [0.2, 0.25) is 0 Å². The maximum absolute atomic E-state index is 9.96. The predicted molar refractivity (Wildman–Crippen MR) is 26.5 cm³/mol. The second-order valence-electron chi connectivity index (χ2n) is 1.04.